The van der Waals surface area contributed by atoms with Gasteiger partial charge >= 0.3 is 0 Å². The summed E-state index contributed by atoms with van der Waals surface area (Å²) in [5.74, 6) is 2.38. The van der Waals surface area contributed by atoms with E-state index in [0.29, 0.717) is 5.92 Å². The summed E-state index contributed by atoms with van der Waals surface area (Å²) in [6.45, 7) is 8.85. The van der Waals surface area contributed by atoms with Crippen molar-refractivity contribution in [2.75, 3.05) is 13.1 Å². The molecule has 1 heterocycles. The SMILES string of the molecule is CCCC1CCCC2(CC1)CN=C(N)N2CC(C)C. The fourth-order valence-electron chi connectivity index (χ4n) is 3.88. The number of nitrogens with zero attached hydrogens (tertiary/aromatic N) is 2. The van der Waals surface area contributed by atoms with Crippen LogP contribution < -0.4 is 5.73 Å². The molecule has 110 valence electrons. The third-order valence-corrected chi connectivity index (χ3v) is 4.90. The maximum absolute atomic E-state index is 6.15. The summed E-state index contributed by atoms with van der Waals surface area (Å²) in [6, 6.07) is 0. The van der Waals surface area contributed by atoms with Gasteiger partial charge < -0.3 is 10.6 Å². The minimum Gasteiger partial charge on any atom is -0.370 e. The highest BCUT2D eigenvalue weighted by atomic mass is 15.4. The van der Waals surface area contributed by atoms with E-state index in [9.17, 15) is 0 Å². The van der Waals surface area contributed by atoms with Crippen LogP contribution in [-0.4, -0.2) is 29.5 Å². The standard InChI is InChI=1S/C16H31N3/c1-4-6-14-7-5-9-16(10-8-14)12-18-15(17)19(16)11-13(2)3/h13-14H,4-12H2,1-3H3,(H2,17,18). The Morgan fingerprint density at radius 2 is 2.16 bits per heavy atom. The zero-order valence-electron chi connectivity index (χ0n) is 13.0. The second-order valence-corrected chi connectivity index (χ2v) is 6.99. The molecule has 0 aromatic rings. The molecule has 3 heteroatoms. The van der Waals surface area contributed by atoms with Gasteiger partial charge in [0.1, 0.15) is 0 Å². The summed E-state index contributed by atoms with van der Waals surface area (Å²) in [5.41, 5.74) is 6.41. The first-order chi connectivity index (χ1) is 9.07. The van der Waals surface area contributed by atoms with Crippen molar-refractivity contribution < 1.29 is 0 Å². The highest BCUT2D eigenvalue weighted by Gasteiger charge is 2.43. The lowest BCUT2D eigenvalue weighted by Gasteiger charge is -2.40. The predicted octanol–water partition coefficient (Wildman–Crippen LogP) is 3.39. The van der Waals surface area contributed by atoms with Gasteiger partial charge in [-0.1, -0.05) is 46.5 Å². The molecular weight excluding hydrogens is 234 g/mol. The first-order valence-electron chi connectivity index (χ1n) is 8.15. The summed E-state index contributed by atoms with van der Waals surface area (Å²) >= 11 is 0. The van der Waals surface area contributed by atoms with Gasteiger partial charge in [-0.05, 0) is 31.1 Å². The van der Waals surface area contributed by atoms with Crippen molar-refractivity contribution in [1.82, 2.24) is 4.90 Å². The maximum Gasteiger partial charge on any atom is 0.191 e. The van der Waals surface area contributed by atoms with Crippen molar-refractivity contribution >= 4 is 5.96 Å². The van der Waals surface area contributed by atoms with Crippen molar-refractivity contribution in [2.24, 2.45) is 22.6 Å². The zero-order valence-corrected chi connectivity index (χ0v) is 13.0. The van der Waals surface area contributed by atoms with E-state index < -0.39 is 0 Å². The Bertz CT molecular complexity index is 324. The molecule has 0 aromatic carbocycles. The van der Waals surface area contributed by atoms with Gasteiger partial charge in [-0.15, -0.1) is 0 Å². The monoisotopic (exact) mass is 265 g/mol. The van der Waals surface area contributed by atoms with Gasteiger partial charge in [0.2, 0.25) is 0 Å². The molecule has 1 saturated carbocycles. The number of hydrogen-bond donors (Lipinski definition) is 1. The van der Waals surface area contributed by atoms with Crippen molar-refractivity contribution in [1.29, 1.82) is 0 Å². The molecule has 1 aliphatic carbocycles. The molecule has 3 nitrogen and oxygen atoms in total. The van der Waals surface area contributed by atoms with Crippen LogP contribution in [0.3, 0.4) is 0 Å². The molecule has 0 bridgehead atoms. The van der Waals surface area contributed by atoms with Crippen LogP contribution in [0.4, 0.5) is 0 Å². The molecule has 0 saturated heterocycles. The minimum absolute atomic E-state index is 0.261. The fraction of sp³-hybridized carbons (Fsp3) is 0.938. The highest BCUT2D eigenvalue weighted by molar-refractivity contribution is 5.81. The molecule has 2 rings (SSSR count). The number of hydrogen-bond acceptors (Lipinski definition) is 3. The Balaban J connectivity index is 2.05. The van der Waals surface area contributed by atoms with Crippen LogP contribution >= 0.6 is 0 Å². The Morgan fingerprint density at radius 1 is 1.37 bits per heavy atom. The molecule has 2 aliphatic rings. The summed E-state index contributed by atoms with van der Waals surface area (Å²) < 4.78 is 0. The number of rotatable bonds is 4. The van der Waals surface area contributed by atoms with E-state index in [4.69, 9.17) is 5.73 Å². The van der Waals surface area contributed by atoms with Gasteiger partial charge in [-0.25, -0.2) is 0 Å². The molecule has 1 fully saturated rings. The first-order valence-corrected chi connectivity index (χ1v) is 8.15. The van der Waals surface area contributed by atoms with Gasteiger partial charge in [-0.2, -0.15) is 0 Å². The fourth-order valence-corrected chi connectivity index (χ4v) is 3.88. The molecule has 0 amide bonds. The lowest BCUT2D eigenvalue weighted by molar-refractivity contribution is 0.158. The van der Waals surface area contributed by atoms with Crippen LogP contribution in [0.2, 0.25) is 0 Å². The Morgan fingerprint density at radius 3 is 2.84 bits per heavy atom. The molecule has 1 aliphatic heterocycles. The summed E-state index contributed by atoms with van der Waals surface area (Å²) in [6.07, 6.45) is 9.42. The van der Waals surface area contributed by atoms with Crippen LogP contribution in [0, 0.1) is 11.8 Å². The van der Waals surface area contributed by atoms with Crippen LogP contribution in [0.25, 0.3) is 0 Å². The molecule has 2 atom stereocenters. The summed E-state index contributed by atoms with van der Waals surface area (Å²) in [5, 5.41) is 0. The van der Waals surface area contributed by atoms with Gasteiger partial charge in [0.15, 0.2) is 5.96 Å². The van der Waals surface area contributed by atoms with Crippen LogP contribution in [-0.2, 0) is 0 Å². The summed E-state index contributed by atoms with van der Waals surface area (Å²) in [7, 11) is 0. The molecule has 2 N–H and O–H groups in total. The topological polar surface area (TPSA) is 41.6 Å². The van der Waals surface area contributed by atoms with E-state index in [1.165, 1.54) is 44.9 Å². The minimum atomic E-state index is 0.261. The third kappa shape index (κ3) is 3.24. The molecule has 19 heavy (non-hydrogen) atoms. The van der Waals surface area contributed by atoms with Crippen molar-refractivity contribution in [3.8, 4) is 0 Å². The Hall–Kier alpha value is -0.730. The average molecular weight is 265 g/mol. The Kier molecular flexibility index (Phi) is 4.75. The smallest absolute Gasteiger partial charge is 0.191 e. The molecule has 0 radical (unpaired) electrons. The molecule has 1 spiro atoms. The van der Waals surface area contributed by atoms with Gasteiger partial charge in [0.25, 0.3) is 0 Å². The normalized spacial score (nSPS) is 31.9. The van der Waals surface area contributed by atoms with Crippen molar-refractivity contribution in [3.05, 3.63) is 0 Å². The lowest BCUT2D eigenvalue weighted by atomic mass is 9.87. The Labute approximate surface area is 118 Å². The molecule has 2 unspecified atom stereocenters. The first kappa shape index (κ1) is 14.7. The van der Waals surface area contributed by atoms with Gasteiger partial charge in [0, 0.05) is 6.54 Å². The largest absolute Gasteiger partial charge is 0.370 e. The quantitative estimate of drug-likeness (QED) is 0.846. The van der Waals surface area contributed by atoms with Crippen molar-refractivity contribution in [2.45, 2.75) is 71.3 Å². The van der Waals surface area contributed by atoms with Gasteiger partial charge in [-0.3, -0.25) is 4.99 Å². The molecular formula is C16H31N3. The zero-order chi connectivity index (χ0) is 13.9. The van der Waals surface area contributed by atoms with E-state index in [1.54, 1.807) is 0 Å². The van der Waals surface area contributed by atoms with Gasteiger partial charge in [0.05, 0.1) is 12.1 Å². The van der Waals surface area contributed by atoms with E-state index in [1.807, 2.05) is 0 Å². The van der Waals surface area contributed by atoms with Crippen LogP contribution in [0.15, 0.2) is 4.99 Å². The van der Waals surface area contributed by atoms with Crippen LogP contribution in [0.1, 0.15) is 65.7 Å². The second-order valence-electron chi connectivity index (χ2n) is 6.99. The number of guanidine groups is 1. The molecule has 0 aromatic heterocycles. The second kappa shape index (κ2) is 6.15. The van der Waals surface area contributed by atoms with E-state index in [2.05, 4.69) is 30.7 Å². The third-order valence-electron chi connectivity index (χ3n) is 4.90. The van der Waals surface area contributed by atoms with Crippen LogP contribution in [0.5, 0.6) is 0 Å². The number of nitrogens with two attached hydrogens (primary N) is 1. The van der Waals surface area contributed by atoms with E-state index >= 15 is 0 Å². The predicted molar refractivity (Wildman–Crippen MR) is 82.2 cm³/mol. The lowest BCUT2D eigenvalue weighted by Crippen LogP contribution is -2.52. The maximum atomic E-state index is 6.15. The summed E-state index contributed by atoms with van der Waals surface area (Å²) in [4.78, 5) is 7.02. The average Bonchev–Trinajstić information content (AvgIpc) is 2.55. The highest BCUT2D eigenvalue weighted by Crippen LogP contribution is 2.39. The number of aliphatic imine (C=N–C) groups is 1. The van der Waals surface area contributed by atoms with E-state index in [0.717, 1.165) is 25.0 Å². The van der Waals surface area contributed by atoms with E-state index in [-0.39, 0.29) is 5.54 Å². The van der Waals surface area contributed by atoms with Crippen molar-refractivity contribution in [3.63, 3.8) is 0 Å².